The summed E-state index contributed by atoms with van der Waals surface area (Å²) >= 11 is 3.51. The van der Waals surface area contributed by atoms with E-state index in [2.05, 4.69) is 39.0 Å². The maximum Gasteiger partial charge on any atom is 0.288 e. The van der Waals surface area contributed by atoms with Crippen LogP contribution in [0.1, 0.15) is 36.8 Å². The van der Waals surface area contributed by atoms with Gasteiger partial charge < -0.3 is 29.0 Å². The van der Waals surface area contributed by atoms with Gasteiger partial charge in [0.05, 0.1) is 0 Å². The van der Waals surface area contributed by atoms with Gasteiger partial charge in [0, 0.05) is 62.2 Å². The van der Waals surface area contributed by atoms with Gasteiger partial charge in [-0.15, -0.1) is 0 Å². The molecule has 1 amide bonds. The van der Waals surface area contributed by atoms with Crippen LogP contribution < -0.4 is 9.47 Å². The second kappa shape index (κ2) is 12.5. The van der Waals surface area contributed by atoms with Crippen molar-refractivity contribution >= 4 is 21.8 Å². The van der Waals surface area contributed by atoms with E-state index in [4.69, 9.17) is 18.9 Å². The molecule has 8 nitrogen and oxygen atoms in total. The van der Waals surface area contributed by atoms with Crippen LogP contribution in [0, 0.1) is 5.92 Å². The maximum atomic E-state index is 13.6. The molecule has 3 atom stereocenters. The molecule has 2 aromatic rings. The van der Waals surface area contributed by atoms with E-state index >= 15 is 0 Å². The normalized spacial score (nSPS) is 23.2. The minimum atomic E-state index is -0.545. The smallest absolute Gasteiger partial charge is 0.288 e. The molecular weight excluding hydrogens is 552 g/mol. The Bertz CT molecular complexity index is 1130. The first kappa shape index (κ1) is 27.0. The number of piperazine rings is 1. The molecule has 5 rings (SSSR count). The zero-order valence-corrected chi connectivity index (χ0v) is 23.3. The predicted octanol–water partition coefficient (Wildman–Crippen LogP) is 4.27. The van der Waals surface area contributed by atoms with E-state index < -0.39 is 6.29 Å². The Morgan fingerprint density at radius 1 is 1.08 bits per heavy atom. The zero-order chi connectivity index (χ0) is 26.5. The van der Waals surface area contributed by atoms with Crippen LogP contribution in [0.25, 0.3) is 0 Å². The molecule has 3 heterocycles. The fraction of sp³-hybridized carbons (Fsp3) is 0.483. The monoisotopic (exact) mass is 586 g/mol. The third kappa shape index (κ3) is 6.17. The van der Waals surface area contributed by atoms with Crippen molar-refractivity contribution < 1.29 is 28.8 Å². The van der Waals surface area contributed by atoms with E-state index in [0.29, 0.717) is 31.9 Å². The molecule has 0 aliphatic carbocycles. The number of ether oxygens (including phenoxy) is 4. The van der Waals surface area contributed by atoms with Crippen LogP contribution in [0.2, 0.25) is 0 Å². The van der Waals surface area contributed by atoms with Crippen molar-refractivity contribution in [3.8, 4) is 11.5 Å². The molecule has 0 aromatic heterocycles. The highest BCUT2D eigenvalue weighted by atomic mass is 79.9. The van der Waals surface area contributed by atoms with Crippen LogP contribution in [0.4, 0.5) is 0 Å². The first-order valence-electron chi connectivity index (χ1n) is 13.3. The third-order valence-corrected chi connectivity index (χ3v) is 7.91. The second-order valence-electron chi connectivity index (χ2n) is 9.84. The second-order valence-corrected chi connectivity index (χ2v) is 10.8. The molecule has 0 spiro atoms. The molecule has 0 unspecified atom stereocenters. The fourth-order valence-corrected chi connectivity index (χ4v) is 5.65. The highest BCUT2D eigenvalue weighted by Crippen LogP contribution is 2.40. The van der Waals surface area contributed by atoms with Crippen molar-refractivity contribution in [3.05, 3.63) is 69.9 Å². The Hall–Kier alpha value is -2.59. The largest absolute Gasteiger partial charge is 0.459 e. The molecule has 38 heavy (non-hydrogen) atoms. The molecule has 9 heteroatoms. The van der Waals surface area contributed by atoms with E-state index in [1.807, 2.05) is 42.2 Å². The predicted molar refractivity (Wildman–Crippen MR) is 146 cm³/mol. The number of amides is 1. The standard InChI is InChI=1S/C29H35BrN2O6/c1-2-35-29-23(4-3-15-33)24(21-6-8-22(30)9-7-21)17-27(38-29)28(34)32-13-11-31(12-14-32)18-20-5-10-25-26(16-20)37-19-36-25/h5-10,16-17,23-24,29,33H,2-4,11-15,18-19H2,1H3/t23-,24+,29+/m1/s1. The van der Waals surface area contributed by atoms with E-state index in [0.717, 1.165) is 53.2 Å². The first-order chi connectivity index (χ1) is 18.6. The lowest BCUT2D eigenvalue weighted by molar-refractivity contribution is -0.171. The summed E-state index contributed by atoms with van der Waals surface area (Å²) in [6.45, 7) is 6.38. The van der Waals surface area contributed by atoms with Gasteiger partial charge in [0.15, 0.2) is 17.3 Å². The van der Waals surface area contributed by atoms with E-state index in [1.54, 1.807) is 0 Å². The average Bonchev–Trinajstić information content (AvgIpc) is 3.41. The van der Waals surface area contributed by atoms with Gasteiger partial charge in [-0.2, -0.15) is 0 Å². The molecule has 1 fully saturated rings. The summed E-state index contributed by atoms with van der Waals surface area (Å²) in [5.74, 6) is 1.78. The summed E-state index contributed by atoms with van der Waals surface area (Å²) in [7, 11) is 0. The Labute approximate surface area is 232 Å². The molecule has 1 N–H and O–H groups in total. The number of rotatable bonds is 9. The molecule has 2 aromatic carbocycles. The van der Waals surface area contributed by atoms with Crippen LogP contribution in [0.15, 0.2) is 58.8 Å². The third-order valence-electron chi connectivity index (χ3n) is 7.38. The van der Waals surface area contributed by atoms with Crippen molar-refractivity contribution in [1.82, 2.24) is 9.80 Å². The lowest BCUT2D eigenvalue weighted by atomic mass is 9.80. The summed E-state index contributed by atoms with van der Waals surface area (Å²) in [5.41, 5.74) is 2.26. The van der Waals surface area contributed by atoms with Crippen molar-refractivity contribution in [2.45, 2.75) is 38.5 Å². The van der Waals surface area contributed by atoms with Crippen LogP contribution in [0.3, 0.4) is 0 Å². The number of benzene rings is 2. The Morgan fingerprint density at radius 3 is 2.58 bits per heavy atom. The summed E-state index contributed by atoms with van der Waals surface area (Å²) < 4.78 is 24.1. The molecule has 0 saturated carbocycles. The summed E-state index contributed by atoms with van der Waals surface area (Å²) in [5, 5.41) is 9.49. The Kier molecular flexibility index (Phi) is 8.89. The Balaban J connectivity index is 1.28. The van der Waals surface area contributed by atoms with E-state index in [1.165, 1.54) is 0 Å². The van der Waals surface area contributed by atoms with Gasteiger partial charge >= 0.3 is 0 Å². The molecule has 3 aliphatic rings. The number of hydrogen-bond acceptors (Lipinski definition) is 7. The molecule has 1 saturated heterocycles. The number of allylic oxidation sites excluding steroid dienone is 1. The van der Waals surface area contributed by atoms with Crippen LogP contribution in [-0.4, -0.2) is 73.3 Å². The number of aliphatic hydroxyl groups excluding tert-OH is 1. The molecule has 204 valence electrons. The van der Waals surface area contributed by atoms with Gasteiger partial charge in [0.1, 0.15) is 0 Å². The number of carbonyl (C=O) groups excluding carboxylic acids is 1. The van der Waals surface area contributed by atoms with Crippen molar-refractivity contribution in [3.63, 3.8) is 0 Å². The van der Waals surface area contributed by atoms with Gasteiger partial charge in [-0.05, 0) is 61.2 Å². The fourth-order valence-electron chi connectivity index (χ4n) is 5.38. The van der Waals surface area contributed by atoms with Gasteiger partial charge in [-0.25, -0.2) is 0 Å². The molecular formula is C29H35BrN2O6. The van der Waals surface area contributed by atoms with Gasteiger partial charge in [0.25, 0.3) is 5.91 Å². The highest BCUT2D eigenvalue weighted by Gasteiger charge is 2.39. The summed E-state index contributed by atoms with van der Waals surface area (Å²) in [4.78, 5) is 17.8. The molecule has 3 aliphatic heterocycles. The van der Waals surface area contributed by atoms with Crippen LogP contribution in [-0.2, 0) is 20.8 Å². The number of nitrogens with zero attached hydrogens (tertiary/aromatic N) is 2. The van der Waals surface area contributed by atoms with Crippen molar-refractivity contribution in [2.24, 2.45) is 5.92 Å². The number of carbonyl (C=O) groups is 1. The van der Waals surface area contributed by atoms with E-state index in [-0.39, 0.29) is 31.1 Å². The topological polar surface area (TPSA) is 80.7 Å². The van der Waals surface area contributed by atoms with Crippen molar-refractivity contribution in [1.29, 1.82) is 0 Å². The number of fused-ring (bicyclic) bond motifs is 1. The molecule has 0 bridgehead atoms. The summed E-state index contributed by atoms with van der Waals surface area (Å²) in [6, 6.07) is 14.2. The van der Waals surface area contributed by atoms with E-state index in [9.17, 15) is 9.90 Å². The summed E-state index contributed by atoms with van der Waals surface area (Å²) in [6.07, 6.45) is 2.80. The minimum absolute atomic E-state index is 0.00151. The first-order valence-corrected chi connectivity index (χ1v) is 14.1. The number of halogens is 1. The SMILES string of the molecule is CCO[C@H]1OC(C(=O)N2CCN(Cc3ccc4c(c3)OCO4)CC2)=C[C@@H](c2ccc(Br)cc2)[C@H]1CCCO. The molecule has 0 radical (unpaired) electrons. The lowest BCUT2D eigenvalue weighted by Crippen LogP contribution is -2.49. The van der Waals surface area contributed by atoms with Gasteiger partial charge in [-0.1, -0.05) is 34.1 Å². The number of hydrogen-bond donors (Lipinski definition) is 1. The lowest BCUT2D eigenvalue weighted by Gasteiger charge is -2.39. The highest BCUT2D eigenvalue weighted by molar-refractivity contribution is 9.10. The Morgan fingerprint density at radius 2 is 1.84 bits per heavy atom. The van der Waals surface area contributed by atoms with Crippen LogP contribution in [0.5, 0.6) is 11.5 Å². The average molecular weight is 588 g/mol. The quantitative estimate of drug-likeness (QED) is 0.470. The maximum absolute atomic E-state index is 13.6. The van der Waals surface area contributed by atoms with Gasteiger partial charge in [0.2, 0.25) is 13.1 Å². The van der Waals surface area contributed by atoms with Gasteiger partial charge in [-0.3, -0.25) is 9.69 Å². The zero-order valence-electron chi connectivity index (χ0n) is 21.7. The van der Waals surface area contributed by atoms with Crippen molar-refractivity contribution in [2.75, 3.05) is 46.2 Å². The minimum Gasteiger partial charge on any atom is -0.459 e. The number of aliphatic hydroxyl groups is 1. The van der Waals surface area contributed by atoms with Crippen LogP contribution >= 0.6 is 15.9 Å².